The number of amides is 3. The highest BCUT2D eigenvalue weighted by molar-refractivity contribution is 9.10. The smallest absolute Gasteiger partial charge is 0.321 e. The van der Waals surface area contributed by atoms with E-state index in [1.54, 1.807) is 34.1 Å². The number of halogens is 2. The van der Waals surface area contributed by atoms with E-state index in [0.717, 1.165) is 5.69 Å². The number of hydrogen-bond acceptors (Lipinski definition) is 3. The Balaban J connectivity index is 1.61. The molecule has 1 fully saturated rings. The third-order valence-corrected chi connectivity index (χ3v) is 5.43. The number of H-pyrrole nitrogens is 1. The van der Waals surface area contributed by atoms with Crippen molar-refractivity contribution in [2.24, 2.45) is 0 Å². The molecule has 2 heterocycles. The first-order valence-corrected chi connectivity index (χ1v) is 9.44. The monoisotopic (exact) mass is 439 g/mol. The maximum absolute atomic E-state index is 12.7. The fourth-order valence-corrected chi connectivity index (χ4v) is 3.34. The Morgan fingerprint density at radius 2 is 1.96 bits per heavy atom. The summed E-state index contributed by atoms with van der Waals surface area (Å²) < 4.78 is 0.683. The summed E-state index contributed by atoms with van der Waals surface area (Å²) in [6, 6.07) is 6.82. The van der Waals surface area contributed by atoms with Crippen molar-refractivity contribution in [1.29, 1.82) is 0 Å². The quantitative estimate of drug-likeness (QED) is 0.750. The third kappa shape index (κ3) is 4.19. The molecule has 0 unspecified atom stereocenters. The number of rotatable bonds is 2. The average Bonchev–Trinajstić information content (AvgIpc) is 2.82. The molecule has 3 amide bonds. The average molecular weight is 441 g/mol. The molecular weight excluding hydrogens is 422 g/mol. The first-order valence-electron chi connectivity index (χ1n) is 8.27. The molecule has 7 nitrogen and oxygen atoms in total. The molecule has 1 aliphatic heterocycles. The van der Waals surface area contributed by atoms with E-state index in [0.29, 0.717) is 53.5 Å². The topological polar surface area (TPSA) is 81.3 Å². The molecule has 138 valence electrons. The summed E-state index contributed by atoms with van der Waals surface area (Å²) in [6.45, 7) is 3.92. The van der Waals surface area contributed by atoms with Crippen LogP contribution in [0.2, 0.25) is 5.02 Å². The van der Waals surface area contributed by atoms with Crippen LogP contribution in [0.4, 0.5) is 10.5 Å². The molecule has 2 aromatic rings. The molecule has 9 heteroatoms. The first-order chi connectivity index (χ1) is 12.5. The van der Waals surface area contributed by atoms with E-state index in [9.17, 15) is 9.59 Å². The molecule has 1 aliphatic rings. The predicted octanol–water partition coefficient (Wildman–Crippen LogP) is 3.51. The molecule has 0 atom stereocenters. The van der Waals surface area contributed by atoms with Crippen molar-refractivity contribution >= 4 is 45.2 Å². The minimum atomic E-state index is -0.196. The van der Waals surface area contributed by atoms with E-state index in [2.05, 4.69) is 31.4 Å². The largest absolute Gasteiger partial charge is 0.335 e. The van der Waals surface area contributed by atoms with Gasteiger partial charge in [0.15, 0.2) is 5.69 Å². The zero-order valence-corrected chi connectivity index (χ0v) is 16.6. The third-order valence-electron chi connectivity index (χ3n) is 4.22. The Morgan fingerprint density at radius 1 is 1.23 bits per heavy atom. The number of urea groups is 1. The number of aromatic amines is 1. The molecule has 0 bridgehead atoms. The second-order valence-electron chi connectivity index (χ2n) is 6.08. The predicted molar refractivity (Wildman–Crippen MR) is 104 cm³/mol. The van der Waals surface area contributed by atoms with Gasteiger partial charge in [-0.3, -0.25) is 9.89 Å². The Labute approximate surface area is 164 Å². The second-order valence-corrected chi connectivity index (χ2v) is 7.31. The lowest BCUT2D eigenvalue weighted by atomic mass is 10.3. The van der Waals surface area contributed by atoms with Crippen LogP contribution in [-0.2, 0) is 0 Å². The van der Waals surface area contributed by atoms with Gasteiger partial charge in [0.1, 0.15) is 0 Å². The Bertz CT molecular complexity index is 825. The van der Waals surface area contributed by atoms with Gasteiger partial charge >= 0.3 is 6.03 Å². The van der Waals surface area contributed by atoms with Crippen molar-refractivity contribution in [2.45, 2.75) is 13.3 Å². The van der Waals surface area contributed by atoms with E-state index in [1.807, 2.05) is 6.92 Å². The lowest BCUT2D eigenvalue weighted by Gasteiger charge is -2.22. The molecule has 2 N–H and O–H groups in total. The van der Waals surface area contributed by atoms with Crippen LogP contribution < -0.4 is 5.32 Å². The Morgan fingerprint density at radius 3 is 2.65 bits per heavy atom. The van der Waals surface area contributed by atoms with Crippen LogP contribution in [0.3, 0.4) is 0 Å². The summed E-state index contributed by atoms with van der Waals surface area (Å²) in [6.07, 6.45) is 0.704. The zero-order valence-electron chi connectivity index (χ0n) is 14.3. The molecule has 0 saturated carbocycles. The van der Waals surface area contributed by atoms with Gasteiger partial charge < -0.3 is 15.1 Å². The number of aryl methyl sites for hydroxylation is 1. The number of aromatic nitrogens is 2. The number of hydrogen-bond donors (Lipinski definition) is 2. The van der Waals surface area contributed by atoms with E-state index in [-0.39, 0.29) is 11.9 Å². The van der Waals surface area contributed by atoms with Gasteiger partial charge in [0.2, 0.25) is 0 Å². The normalized spacial score (nSPS) is 14.9. The van der Waals surface area contributed by atoms with Crippen LogP contribution in [0.25, 0.3) is 0 Å². The van der Waals surface area contributed by atoms with E-state index in [1.165, 1.54) is 0 Å². The fraction of sp³-hybridized carbons (Fsp3) is 0.353. The number of benzene rings is 1. The number of carbonyl (C=O) groups excluding carboxylic acids is 2. The van der Waals surface area contributed by atoms with E-state index in [4.69, 9.17) is 11.6 Å². The van der Waals surface area contributed by atoms with Crippen molar-refractivity contribution in [2.75, 3.05) is 31.5 Å². The van der Waals surface area contributed by atoms with Gasteiger partial charge in [0, 0.05) is 42.6 Å². The highest BCUT2D eigenvalue weighted by Gasteiger charge is 2.26. The van der Waals surface area contributed by atoms with Gasteiger partial charge in [-0.05, 0) is 47.5 Å². The zero-order chi connectivity index (χ0) is 18.7. The number of carbonyl (C=O) groups is 2. The van der Waals surface area contributed by atoms with Crippen LogP contribution >= 0.6 is 27.5 Å². The number of anilines is 1. The number of nitrogens with one attached hydrogen (secondary N) is 2. The molecule has 0 radical (unpaired) electrons. The van der Waals surface area contributed by atoms with Gasteiger partial charge in [-0.15, -0.1) is 0 Å². The van der Waals surface area contributed by atoms with Gasteiger partial charge in [-0.2, -0.15) is 5.10 Å². The van der Waals surface area contributed by atoms with Gasteiger partial charge in [0.05, 0.1) is 4.47 Å². The summed E-state index contributed by atoms with van der Waals surface area (Å²) in [5.41, 5.74) is 1.83. The van der Waals surface area contributed by atoms with Crippen LogP contribution in [-0.4, -0.2) is 58.1 Å². The summed E-state index contributed by atoms with van der Waals surface area (Å²) in [5.74, 6) is -0.140. The molecule has 0 aliphatic carbocycles. The van der Waals surface area contributed by atoms with Gasteiger partial charge in [0.25, 0.3) is 5.91 Å². The summed E-state index contributed by atoms with van der Waals surface area (Å²) in [7, 11) is 0. The highest BCUT2D eigenvalue weighted by Crippen LogP contribution is 2.21. The van der Waals surface area contributed by atoms with Crippen LogP contribution in [0, 0.1) is 6.92 Å². The van der Waals surface area contributed by atoms with Gasteiger partial charge in [-0.1, -0.05) is 17.7 Å². The minimum Gasteiger partial charge on any atom is -0.335 e. The summed E-state index contributed by atoms with van der Waals surface area (Å²) >= 11 is 9.33. The van der Waals surface area contributed by atoms with E-state index < -0.39 is 0 Å². The highest BCUT2D eigenvalue weighted by atomic mass is 79.9. The Kier molecular flexibility index (Phi) is 5.83. The maximum atomic E-state index is 12.7. The van der Waals surface area contributed by atoms with Crippen LogP contribution in [0.15, 0.2) is 28.7 Å². The molecule has 1 aromatic heterocycles. The molecule has 26 heavy (non-hydrogen) atoms. The molecule has 1 saturated heterocycles. The molecule has 3 rings (SSSR count). The van der Waals surface area contributed by atoms with Crippen molar-refractivity contribution in [3.63, 3.8) is 0 Å². The van der Waals surface area contributed by atoms with Crippen molar-refractivity contribution in [3.05, 3.63) is 45.1 Å². The van der Waals surface area contributed by atoms with Crippen molar-refractivity contribution in [1.82, 2.24) is 20.0 Å². The fourth-order valence-electron chi connectivity index (χ4n) is 2.80. The lowest BCUT2D eigenvalue weighted by molar-refractivity contribution is 0.0756. The number of nitrogens with zero attached hydrogens (tertiary/aromatic N) is 3. The second kappa shape index (κ2) is 8.09. The summed E-state index contributed by atoms with van der Waals surface area (Å²) in [4.78, 5) is 28.6. The van der Waals surface area contributed by atoms with Crippen LogP contribution in [0.1, 0.15) is 22.6 Å². The summed E-state index contributed by atoms with van der Waals surface area (Å²) in [5, 5.41) is 10.3. The van der Waals surface area contributed by atoms with Crippen LogP contribution in [0.5, 0.6) is 0 Å². The molecule has 1 aromatic carbocycles. The van der Waals surface area contributed by atoms with Gasteiger partial charge in [-0.25, -0.2) is 4.79 Å². The van der Waals surface area contributed by atoms with Crippen molar-refractivity contribution < 1.29 is 9.59 Å². The van der Waals surface area contributed by atoms with Crippen molar-refractivity contribution in [3.8, 4) is 0 Å². The minimum absolute atomic E-state index is 0.140. The molecular formula is C17H19BrClN5O2. The Hall–Kier alpha value is -2.06. The SMILES string of the molecule is Cc1[nH]nc(C(=O)N2CCCN(C(=O)Nc3cccc(Cl)c3)CC2)c1Br. The lowest BCUT2D eigenvalue weighted by Crippen LogP contribution is -2.39. The standard InChI is InChI=1S/C17H19BrClN5O2/c1-11-14(18)15(22-21-11)16(25)23-6-3-7-24(9-8-23)17(26)20-13-5-2-4-12(19)10-13/h2,4-5,10H,3,6-9H2,1H3,(H,20,26)(H,21,22). The molecule has 0 spiro atoms. The maximum Gasteiger partial charge on any atom is 0.321 e. The van der Waals surface area contributed by atoms with E-state index >= 15 is 0 Å². The first kappa shape index (κ1) is 18.7.